The Morgan fingerprint density at radius 1 is 1.14 bits per heavy atom. The monoisotopic (exact) mass is 315 g/mol. The number of rotatable bonds is 4. The minimum atomic E-state index is 0.204. The first-order valence-corrected chi connectivity index (χ1v) is 8.34. The summed E-state index contributed by atoms with van der Waals surface area (Å²) in [6, 6.07) is 11.7. The fraction of sp³-hybridized carbons (Fsp3) is 0.353. The third-order valence-electron chi connectivity index (χ3n) is 4.07. The molecule has 0 aliphatic carbocycles. The zero-order chi connectivity index (χ0) is 15.5. The summed E-state index contributed by atoms with van der Waals surface area (Å²) in [6.45, 7) is 4.50. The van der Waals surface area contributed by atoms with Gasteiger partial charge in [0.15, 0.2) is 5.78 Å². The highest BCUT2D eigenvalue weighted by atomic mass is 32.1. The number of nitrogens with two attached hydrogens (primary N) is 1. The second kappa shape index (κ2) is 6.60. The Morgan fingerprint density at radius 3 is 2.59 bits per heavy atom. The highest BCUT2D eigenvalue weighted by Gasteiger charge is 2.18. The van der Waals surface area contributed by atoms with E-state index in [-0.39, 0.29) is 5.78 Å². The van der Waals surface area contributed by atoms with Gasteiger partial charge in [-0.25, -0.2) is 0 Å². The third-order valence-corrected chi connectivity index (χ3v) is 5.23. The summed E-state index contributed by atoms with van der Waals surface area (Å²) in [5.74, 6) is 0.204. The zero-order valence-corrected chi connectivity index (χ0v) is 13.6. The number of carbonyl (C=O) groups excluding carboxylic acids is 1. The van der Waals surface area contributed by atoms with E-state index in [2.05, 4.69) is 16.8 Å². The lowest BCUT2D eigenvalue weighted by molar-refractivity contribution is 0.0880. The molecule has 0 saturated carbocycles. The Kier molecular flexibility index (Phi) is 4.57. The molecular formula is C17H21N3OS. The maximum Gasteiger partial charge on any atom is 0.186 e. The van der Waals surface area contributed by atoms with Crippen molar-refractivity contribution in [2.45, 2.75) is 0 Å². The third kappa shape index (κ3) is 3.38. The van der Waals surface area contributed by atoms with E-state index in [4.69, 9.17) is 5.73 Å². The highest BCUT2D eigenvalue weighted by molar-refractivity contribution is 7.17. The first-order chi connectivity index (χ1) is 10.6. The van der Waals surface area contributed by atoms with Gasteiger partial charge in [-0.05, 0) is 25.2 Å². The van der Waals surface area contributed by atoms with Crippen LogP contribution in [0.5, 0.6) is 0 Å². The molecule has 5 heteroatoms. The lowest BCUT2D eigenvalue weighted by Gasteiger charge is -2.31. The van der Waals surface area contributed by atoms with Crippen molar-refractivity contribution in [1.82, 2.24) is 9.80 Å². The summed E-state index contributed by atoms with van der Waals surface area (Å²) in [6.07, 6.45) is 0. The maximum atomic E-state index is 12.4. The first-order valence-electron chi connectivity index (χ1n) is 7.52. The van der Waals surface area contributed by atoms with Crippen LogP contribution >= 0.6 is 11.3 Å². The molecule has 1 aliphatic heterocycles. The number of benzene rings is 1. The molecule has 1 aliphatic rings. The van der Waals surface area contributed by atoms with Gasteiger partial charge in [0.25, 0.3) is 0 Å². The van der Waals surface area contributed by atoms with Crippen LogP contribution in [0.1, 0.15) is 9.67 Å². The zero-order valence-electron chi connectivity index (χ0n) is 12.8. The average molecular weight is 315 g/mol. The lowest BCUT2D eigenvalue weighted by Crippen LogP contribution is -2.46. The van der Waals surface area contributed by atoms with E-state index in [9.17, 15) is 4.79 Å². The Balaban J connectivity index is 1.68. The van der Waals surface area contributed by atoms with Crippen molar-refractivity contribution < 1.29 is 4.79 Å². The van der Waals surface area contributed by atoms with Crippen LogP contribution in [0.2, 0.25) is 0 Å². The Bertz CT molecular complexity index is 659. The van der Waals surface area contributed by atoms with Crippen molar-refractivity contribution >= 4 is 22.8 Å². The van der Waals surface area contributed by atoms with E-state index in [0.717, 1.165) is 47.2 Å². The number of piperazine rings is 1. The number of likely N-dealkylation sites (N-methyl/N-ethyl adjacent to an activating group) is 1. The van der Waals surface area contributed by atoms with Crippen LogP contribution < -0.4 is 5.73 Å². The second-order valence-corrected chi connectivity index (χ2v) is 6.84. The van der Waals surface area contributed by atoms with Gasteiger partial charge in [-0.1, -0.05) is 18.2 Å². The molecule has 0 spiro atoms. The van der Waals surface area contributed by atoms with E-state index < -0.39 is 0 Å². The number of hydrogen-bond acceptors (Lipinski definition) is 5. The van der Waals surface area contributed by atoms with Crippen LogP contribution in [-0.4, -0.2) is 55.4 Å². The van der Waals surface area contributed by atoms with Gasteiger partial charge in [0.1, 0.15) is 0 Å². The smallest absolute Gasteiger partial charge is 0.186 e. The van der Waals surface area contributed by atoms with Gasteiger partial charge in [0, 0.05) is 42.3 Å². The van der Waals surface area contributed by atoms with E-state index in [1.54, 1.807) is 0 Å². The van der Waals surface area contributed by atoms with E-state index in [1.165, 1.54) is 11.3 Å². The van der Waals surface area contributed by atoms with Gasteiger partial charge in [0.2, 0.25) is 0 Å². The van der Waals surface area contributed by atoms with Crippen molar-refractivity contribution in [2.24, 2.45) is 0 Å². The van der Waals surface area contributed by atoms with Crippen molar-refractivity contribution in [3.05, 3.63) is 41.3 Å². The topological polar surface area (TPSA) is 49.6 Å². The summed E-state index contributed by atoms with van der Waals surface area (Å²) in [5.41, 5.74) is 7.77. The standard InChI is InChI=1S/C17H21N3OS/c1-19-8-10-20(11-9-19)12-15(21)17-7-6-16(22-17)13-4-2-3-5-14(13)18/h2-7H,8-12,18H2,1H3. The van der Waals surface area contributed by atoms with Crippen LogP contribution in [-0.2, 0) is 0 Å². The molecule has 1 aromatic carbocycles. The molecule has 0 amide bonds. The molecule has 1 aromatic heterocycles. The molecule has 0 unspecified atom stereocenters. The van der Waals surface area contributed by atoms with Gasteiger partial charge < -0.3 is 10.6 Å². The van der Waals surface area contributed by atoms with E-state index in [1.807, 2.05) is 36.4 Å². The van der Waals surface area contributed by atoms with Gasteiger partial charge in [-0.15, -0.1) is 11.3 Å². The van der Waals surface area contributed by atoms with Crippen molar-refractivity contribution in [3.63, 3.8) is 0 Å². The SMILES string of the molecule is CN1CCN(CC(=O)c2ccc(-c3ccccc3N)s2)CC1. The fourth-order valence-electron chi connectivity index (χ4n) is 2.64. The van der Waals surface area contributed by atoms with Crippen molar-refractivity contribution in [3.8, 4) is 10.4 Å². The Hall–Kier alpha value is -1.69. The maximum absolute atomic E-state index is 12.4. The van der Waals surface area contributed by atoms with Gasteiger partial charge in [-0.2, -0.15) is 0 Å². The molecule has 3 rings (SSSR count). The number of nitrogen functional groups attached to an aromatic ring is 1. The predicted molar refractivity (Wildman–Crippen MR) is 92.4 cm³/mol. The summed E-state index contributed by atoms with van der Waals surface area (Å²) in [5, 5.41) is 0. The minimum absolute atomic E-state index is 0.204. The van der Waals surface area contributed by atoms with E-state index >= 15 is 0 Å². The molecule has 0 atom stereocenters. The molecule has 116 valence electrons. The van der Waals surface area contributed by atoms with Crippen LogP contribution in [0.4, 0.5) is 5.69 Å². The largest absolute Gasteiger partial charge is 0.398 e. The number of anilines is 1. The molecule has 2 aromatic rings. The molecule has 2 heterocycles. The van der Waals surface area contributed by atoms with Crippen LogP contribution in [0.25, 0.3) is 10.4 Å². The summed E-state index contributed by atoms with van der Waals surface area (Å²) in [7, 11) is 2.12. The molecule has 22 heavy (non-hydrogen) atoms. The fourth-order valence-corrected chi connectivity index (χ4v) is 3.62. The van der Waals surface area contributed by atoms with Crippen LogP contribution in [0.3, 0.4) is 0 Å². The van der Waals surface area contributed by atoms with Gasteiger partial charge in [0.05, 0.1) is 11.4 Å². The number of thiophene rings is 1. The number of Topliss-reactive ketones (excluding diaryl/α,β-unsaturated/α-hetero) is 1. The quantitative estimate of drug-likeness (QED) is 0.695. The molecule has 4 nitrogen and oxygen atoms in total. The highest BCUT2D eigenvalue weighted by Crippen LogP contribution is 2.32. The van der Waals surface area contributed by atoms with Crippen molar-refractivity contribution in [2.75, 3.05) is 45.5 Å². The number of para-hydroxylation sites is 1. The van der Waals surface area contributed by atoms with E-state index in [0.29, 0.717) is 6.54 Å². The Labute approximate surface area is 135 Å². The number of hydrogen-bond donors (Lipinski definition) is 1. The number of ketones is 1. The second-order valence-electron chi connectivity index (χ2n) is 5.75. The molecule has 0 radical (unpaired) electrons. The Morgan fingerprint density at radius 2 is 1.86 bits per heavy atom. The lowest BCUT2D eigenvalue weighted by atomic mass is 10.1. The summed E-state index contributed by atoms with van der Waals surface area (Å²) >= 11 is 1.53. The van der Waals surface area contributed by atoms with Crippen LogP contribution in [0.15, 0.2) is 36.4 Å². The molecule has 1 fully saturated rings. The molecular weight excluding hydrogens is 294 g/mol. The van der Waals surface area contributed by atoms with Gasteiger partial charge >= 0.3 is 0 Å². The normalized spacial score (nSPS) is 16.8. The number of nitrogens with zero attached hydrogens (tertiary/aromatic N) is 2. The first kappa shape index (κ1) is 15.2. The summed E-state index contributed by atoms with van der Waals surface area (Å²) in [4.78, 5) is 18.8. The van der Waals surface area contributed by atoms with Crippen LogP contribution in [0, 0.1) is 0 Å². The molecule has 1 saturated heterocycles. The average Bonchev–Trinajstić information content (AvgIpc) is 3.00. The van der Waals surface area contributed by atoms with Crippen molar-refractivity contribution in [1.29, 1.82) is 0 Å². The predicted octanol–water partition coefficient (Wildman–Crippen LogP) is 2.43. The van der Waals surface area contributed by atoms with Gasteiger partial charge in [-0.3, -0.25) is 9.69 Å². The number of carbonyl (C=O) groups is 1. The minimum Gasteiger partial charge on any atom is -0.398 e. The molecule has 0 bridgehead atoms. The molecule has 2 N–H and O–H groups in total. The summed E-state index contributed by atoms with van der Waals surface area (Å²) < 4.78 is 0.